The SMILES string of the molecule is COC(=O)CC(C)NC(=O)/C=C/c1cc2ccccc2o1. The van der Waals surface area contributed by atoms with Gasteiger partial charge in [0, 0.05) is 17.5 Å². The molecular formula is C16H17NO4. The number of hydrogen-bond acceptors (Lipinski definition) is 4. The number of furan rings is 1. The van der Waals surface area contributed by atoms with Crippen molar-refractivity contribution in [3.8, 4) is 0 Å². The molecule has 5 heteroatoms. The molecule has 1 N–H and O–H groups in total. The van der Waals surface area contributed by atoms with Crippen molar-refractivity contribution in [2.45, 2.75) is 19.4 Å². The monoisotopic (exact) mass is 287 g/mol. The molecule has 0 saturated carbocycles. The van der Waals surface area contributed by atoms with Crippen molar-refractivity contribution >= 4 is 28.9 Å². The number of fused-ring (bicyclic) bond motifs is 1. The highest BCUT2D eigenvalue weighted by atomic mass is 16.5. The summed E-state index contributed by atoms with van der Waals surface area (Å²) in [6, 6.07) is 9.19. The lowest BCUT2D eigenvalue weighted by atomic mass is 10.2. The predicted octanol–water partition coefficient (Wildman–Crippen LogP) is 2.51. The van der Waals surface area contributed by atoms with Crippen LogP contribution < -0.4 is 5.32 Å². The number of carbonyl (C=O) groups is 2. The summed E-state index contributed by atoms with van der Waals surface area (Å²) in [5.41, 5.74) is 0.775. The van der Waals surface area contributed by atoms with Crippen LogP contribution in [0.4, 0.5) is 0 Å². The molecule has 1 amide bonds. The number of hydrogen-bond donors (Lipinski definition) is 1. The van der Waals surface area contributed by atoms with Gasteiger partial charge in [0.1, 0.15) is 11.3 Å². The van der Waals surface area contributed by atoms with E-state index in [1.54, 1.807) is 13.0 Å². The molecule has 1 aromatic heterocycles. The van der Waals surface area contributed by atoms with E-state index in [2.05, 4.69) is 10.1 Å². The predicted molar refractivity (Wildman–Crippen MR) is 79.5 cm³/mol. The first-order chi connectivity index (χ1) is 10.1. The molecule has 2 rings (SSSR count). The zero-order valence-corrected chi connectivity index (χ0v) is 12.0. The molecule has 2 aromatic rings. The van der Waals surface area contributed by atoms with Gasteiger partial charge in [0.05, 0.1) is 13.5 Å². The average Bonchev–Trinajstić information content (AvgIpc) is 2.87. The van der Waals surface area contributed by atoms with Crippen molar-refractivity contribution in [1.82, 2.24) is 5.32 Å². The number of carbonyl (C=O) groups excluding carboxylic acids is 2. The van der Waals surface area contributed by atoms with Gasteiger partial charge in [0.15, 0.2) is 0 Å². The molecule has 1 atom stereocenters. The van der Waals surface area contributed by atoms with Gasteiger partial charge < -0.3 is 14.5 Å². The summed E-state index contributed by atoms with van der Waals surface area (Å²) in [6.07, 6.45) is 3.12. The number of methoxy groups -OCH3 is 1. The molecule has 0 radical (unpaired) electrons. The second-order valence-electron chi connectivity index (χ2n) is 4.71. The lowest BCUT2D eigenvalue weighted by Gasteiger charge is -2.10. The molecule has 0 aliphatic heterocycles. The van der Waals surface area contributed by atoms with Crippen LogP contribution in [0.5, 0.6) is 0 Å². The van der Waals surface area contributed by atoms with Gasteiger partial charge in [-0.3, -0.25) is 9.59 Å². The summed E-state index contributed by atoms with van der Waals surface area (Å²) in [7, 11) is 1.32. The fourth-order valence-corrected chi connectivity index (χ4v) is 1.92. The number of nitrogens with one attached hydrogen (secondary N) is 1. The minimum atomic E-state index is -0.357. The molecule has 1 heterocycles. The zero-order valence-electron chi connectivity index (χ0n) is 12.0. The Bertz CT molecular complexity index is 639. The zero-order chi connectivity index (χ0) is 15.2. The van der Waals surface area contributed by atoms with Gasteiger partial charge in [0.2, 0.25) is 5.91 Å². The molecule has 0 bridgehead atoms. The number of para-hydroxylation sites is 1. The maximum atomic E-state index is 11.7. The van der Waals surface area contributed by atoms with E-state index in [1.807, 2.05) is 30.3 Å². The Kier molecular flexibility index (Phi) is 4.77. The molecule has 110 valence electrons. The molecule has 0 aliphatic rings. The summed E-state index contributed by atoms with van der Waals surface area (Å²) >= 11 is 0. The van der Waals surface area contributed by atoms with Crippen molar-refractivity contribution < 1.29 is 18.7 Å². The fraction of sp³-hybridized carbons (Fsp3) is 0.250. The van der Waals surface area contributed by atoms with Crippen LogP contribution in [-0.4, -0.2) is 25.0 Å². The van der Waals surface area contributed by atoms with Crippen LogP contribution in [0.25, 0.3) is 17.0 Å². The summed E-state index contributed by atoms with van der Waals surface area (Å²) < 4.78 is 10.1. The third-order valence-corrected chi connectivity index (χ3v) is 2.93. The lowest BCUT2D eigenvalue weighted by molar-refractivity contribution is -0.141. The number of esters is 1. The molecule has 0 saturated heterocycles. The van der Waals surface area contributed by atoms with Crippen molar-refractivity contribution in [2.75, 3.05) is 7.11 Å². The number of benzene rings is 1. The van der Waals surface area contributed by atoms with Gasteiger partial charge in [-0.05, 0) is 25.1 Å². The Morgan fingerprint density at radius 2 is 2.14 bits per heavy atom. The summed E-state index contributed by atoms with van der Waals surface area (Å²) in [5, 5.41) is 3.66. The van der Waals surface area contributed by atoms with Gasteiger partial charge in [-0.2, -0.15) is 0 Å². The smallest absolute Gasteiger partial charge is 0.307 e. The molecule has 0 fully saturated rings. The molecule has 21 heavy (non-hydrogen) atoms. The summed E-state index contributed by atoms with van der Waals surface area (Å²) in [5.74, 6) is -0.0390. The molecule has 0 aliphatic carbocycles. The van der Waals surface area contributed by atoms with Gasteiger partial charge in [-0.25, -0.2) is 0 Å². The third kappa shape index (κ3) is 4.21. The van der Waals surface area contributed by atoms with Crippen LogP contribution in [-0.2, 0) is 14.3 Å². The molecule has 5 nitrogen and oxygen atoms in total. The van der Waals surface area contributed by atoms with Crippen LogP contribution in [0.3, 0.4) is 0 Å². The number of amides is 1. The first-order valence-corrected chi connectivity index (χ1v) is 6.62. The molecular weight excluding hydrogens is 270 g/mol. The number of rotatable bonds is 5. The van der Waals surface area contributed by atoms with Crippen molar-refractivity contribution in [3.63, 3.8) is 0 Å². The van der Waals surface area contributed by atoms with Crippen LogP contribution >= 0.6 is 0 Å². The van der Waals surface area contributed by atoms with Crippen LogP contribution in [0.15, 0.2) is 40.8 Å². The Labute approximate surface area is 122 Å². The summed E-state index contributed by atoms with van der Waals surface area (Å²) in [4.78, 5) is 22.8. The van der Waals surface area contributed by atoms with Crippen LogP contribution in [0.1, 0.15) is 19.1 Å². The standard InChI is InChI=1S/C16H17NO4/c1-11(9-16(19)20-2)17-15(18)8-7-13-10-12-5-3-4-6-14(12)21-13/h3-8,10-11H,9H2,1-2H3,(H,17,18)/b8-7+. The van der Waals surface area contributed by atoms with E-state index in [-0.39, 0.29) is 24.3 Å². The van der Waals surface area contributed by atoms with Crippen molar-refractivity contribution in [1.29, 1.82) is 0 Å². The van der Waals surface area contributed by atoms with E-state index in [9.17, 15) is 9.59 Å². The minimum absolute atomic E-state index is 0.140. The van der Waals surface area contributed by atoms with Gasteiger partial charge in [-0.15, -0.1) is 0 Å². The van der Waals surface area contributed by atoms with E-state index in [1.165, 1.54) is 13.2 Å². The van der Waals surface area contributed by atoms with E-state index in [0.717, 1.165) is 11.0 Å². The van der Waals surface area contributed by atoms with E-state index in [4.69, 9.17) is 4.42 Å². The normalized spacial score (nSPS) is 12.5. The Morgan fingerprint density at radius 3 is 2.86 bits per heavy atom. The van der Waals surface area contributed by atoms with Crippen LogP contribution in [0.2, 0.25) is 0 Å². The molecule has 0 spiro atoms. The highest BCUT2D eigenvalue weighted by Gasteiger charge is 2.10. The second-order valence-corrected chi connectivity index (χ2v) is 4.71. The highest BCUT2D eigenvalue weighted by Crippen LogP contribution is 2.19. The maximum Gasteiger partial charge on any atom is 0.307 e. The quantitative estimate of drug-likeness (QED) is 0.677. The lowest BCUT2D eigenvalue weighted by Crippen LogP contribution is -2.33. The first kappa shape index (κ1) is 14.8. The fourth-order valence-electron chi connectivity index (χ4n) is 1.92. The van der Waals surface area contributed by atoms with E-state index >= 15 is 0 Å². The Hall–Kier alpha value is -2.56. The van der Waals surface area contributed by atoms with E-state index < -0.39 is 0 Å². The first-order valence-electron chi connectivity index (χ1n) is 6.62. The second kappa shape index (κ2) is 6.74. The van der Waals surface area contributed by atoms with Gasteiger partial charge in [0.25, 0.3) is 0 Å². The van der Waals surface area contributed by atoms with Gasteiger partial charge in [-0.1, -0.05) is 18.2 Å². The number of ether oxygens (including phenoxy) is 1. The Morgan fingerprint density at radius 1 is 1.38 bits per heavy atom. The Balaban J connectivity index is 1.94. The minimum Gasteiger partial charge on any atom is -0.469 e. The summed E-state index contributed by atoms with van der Waals surface area (Å²) in [6.45, 7) is 1.74. The maximum absolute atomic E-state index is 11.7. The van der Waals surface area contributed by atoms with Crippen molar-refractivity contribution in [3.05, 3.63) is 42.2 Å². The topological polar surface area (TPSA) is 68.5 Å². The molecule has 1 unspecified atom stereocenters. The van der Waals surface area contributed by atoms with Gasteiger partial charge >= 0.3 is 5.97 Å². The van der Waals surface area contributed by atoms with Crippen LogP contribution in [0, 0.1) is 0 Å². The van der Waals surface area contributed by atoms with E-state index in [0.29, 0.717) is 5.76 Å². The average molecular weight is 287 g/mol. The highest BCUT2D eigenvalue weighted by molar-refractivity contribution is 5.92. The third-order valence-electron chi connectivity index (χ3n) is 2.93. The van der Waals surface area contributed by atoms with Crippen molar-refractivity contribution in [2.24, 2.45) is 0 Å². The molecule has 1 aromatic carbocycles. The largest absolute Gasteiger partial charge is 0.469 e.